The van der Waals surface area contributed by atoms with E-state index in [2.05, 4.69) is 36.5 Å². The van der Waals surface area contributed by atoms with Crippen LogP contribution < -0.4 is 5.32 Å². The lowest BCUT2D eigenvalue weighted by Crippen LogP contribution is -2.42. The summed E-state index contributed by atoms with van der Waals surface area (Å²) in [6.45, 7) is 6.85. The first-order valence-electron chi connectivity index (χ1n) is 5.78. The van der Waals surface area contributed by atoms with Crippen molar-refractivity contribution in [2.24, 2.45) is 5.92 Å². The van der Waals surface area contributed by atoms with Gasteiger partial charge in [0.15, 0.2) is 0 Å². The molecule has 1 atom stereocenters. The molecule has 0 amide bonds. The molecule has 1 aliphatic carbocycles. The Balaban J connectivity index is 2.13. The second-order valence-corrected chi connectivity index (χ2v) is 6.08. The van der Waals surface area contributed by atoms with E-state index < -0.39 is 0 Å². The van der Waals surface area contributed by atoms with Crippen LogP contribution in [0.4, 0.5) is 0 Å². The first-order chi connectivity index (χ1) is 7.10. The molecule has 1 saturated carbocycles. The SMILES string of the molecule is CC(C)CC(C)(NC1CC1)c1nccs1. The summed E-state index contributed by atoms with van der Waals surface area (Å²) in [7, 11) is 0. The van der Waals surface area contributed by atoms with Crippen LogP contribution in [0.3, 0.4) is 0 Å². The van der Waals surface area contributed by atoms with E-state index in [0.29, 0.717) is 5.92 Å². The lowest BCUT2D eigenvalue weighted by atomic mass is 9.91. The van der Waals surface area contributed by atoms with Crippen molar-refractivity contribution in [1.29, 1.82) is 0 Å². The van der Waals surface area contributed by atoms with Gasteiger partial charge < -0.3 is 5.32 Å². The third-order valence-corrected chi connectivity index (χ3v) is 3.86. The van der Waals surface area contributed by atoms with E-state index in [4.69, 9.17) is 0 Å². The van der Waals surface area contributed by atoms with Gasteiger partial charge in [-0.1, -0.05) is 13.8 Å². The van der Waals surface area contributed by atoms with Crippen LogP contribution in [0.15, 0.2) is 11.6 Å². The highest BCUT2D eigenvalue weighted by molar-refractivity contribution is 7.09. The molecule has 1 aliphatic rings. The molecule has 15 heavy (non-hydrogen) atoms. The minimum atomic E-state index is 0.0868. The molecule has 2 nitrogen and oxygen atoms in total. The Morgan fingerprint density at radius 2 is 2.33 bits per heavy atom. The van der Waals surface area contributed by atoms with Gasteiger partial charge in [-0.2, -0.15) is 0 Å². The molecule has 1 N–H and O–H groups in total. The van der Waals surface area contributed by atoms with Crippen LogP contribution >= 0.6 is 11.3 Å². The van der Waals surface area contributed by atoms with Crippen LogP contribution in [0.1, 0.15) is 45.0 Å². The summed E-state index contributed by atoms with van der Waals surface area (Å²) < 4.78 is 0. The van der Waals surface area contributed by atoms with Crippen LogP contribution in [-0.4, -0.2) is 11.0 Å². The van der Waals surface area contributed by atoms with E-state index in [0.717, 1.165) is 12.5 Å². The quantitative estimate of drug-likeness (QED) is 0.831. The number of rotatable bonds is 5. The molecule has 1 heterocycles. The van der Waals surface area contributed by atoms with E-state index in [1.165, 1.54) is 17.8 Å². The average molecular weight is 224 g/mol. The van der Waals surface area contributed by atoms with Crippen LogP contribution in [0.25, 0.3) is 0 Å². The molecule has 1 fully saturated rings. The zero-order chi connectivity index (χ0) is 10.9. The fourth-order valence-electron chi connectivity index (χ4n) is 2.20. The number of hydrogen-bond donors (Lipinski definition) is 1. The van der Waals surface area contributed by atoms with Crippen molar-refractivity contribution in [1.82, 2.24) is 10.3 Å². The molecule has 0 bridgehead atoms. The fraction of sp³-hybridized carbons (Fsp3) is 0.750. The summed E-state index contributed by atoms with van der Waals surface area (Å²) in [6, 6.07) is 0.734. The number of nitrogens with one attached hydrogen (secondary N) is 1. The summed E-state index contributed by atoms with van der Waals surface area (Å²) in [6.07, 6.45) is 5.74. The number of thiazole rings is 1. The van der Waals surface area contributed by atoms with Crippen LogP contribution in [-0.2, 0) is 5.54 Å². The third-order valence-electron chi connectivity index (χ3n) is 2.82. The molecule has 0 aromatic carbocycles. The van der Waals surface area contributed by atoms with E-state index in [9.17, 15) is 0 Å². The molecule has 1 aromatic heterocycles. The van der Waals surface area contributed by atoms with E-state index in [-0.39, 0.29) is 5.54 Å². The normalized spacial score (nSPS) is 20.5. The predicted octanol–water partition coefficient (Wildman–Crippen LogP) is 3.16. The molecule has 0 saturated heterocycles. The minimum absolute atomic E-state index is 0.0868. The standard InChI is InChI=1S/C12H20N2S/c1-9(2)8-12(3,14-10-4-5-10)11-13-6-7-15-11/h6-7,9-10,14H,4-5,8H2,1-3H3. The Morgan fingerprint density at radius 3 is 2.80 bits per heavy atom. The van der Waals surface area contributed by atoms with Crippen molar-refractivity contribution >= 4 is 11.3 Å². The summed E-state index contributed by atoms with van der Waals surface area (Å²) in [5.74, 6) is 0.699. The van der Waals surface area contributed by atoms with Crippen molar-refractivity contribution in [3.05, 3.63) is 16.6 Å². The molecule has 84 valence electrons. The summed E-state index contributed by atoms with van der Waals surface area (Å²) in [5.41, 5.74) is 0.0868. The molecule has 0 aliphatic heterocycles. The zero-order valence-electron chi connectivity index (χ0n) is 9.79. The maximum Gasteiger partial charge on any atom is 0.112 e. The molecule has 0 spiro atoms. The van der Waals surface area contributed by atoms with Gasteiger partial charge in [-0.05, 0) is 32.1 Å². The molecule has 3 heteroatoms. The minimum Gasteiger partial charge on any atom is -0.303 e. The first-order valence-corrected chi connectivity index (χ1v) is 6.66. The second-order valence-electron chi connectivity index (χ2n) is 5.19. The van der Waals surface area contributed by atoms with Gasteiger partial charge in [-0.3, -0.25) is 0 Å². The number of hydrogen-bond acceptors (Lipinski definition) is 3. The Labute approximate surface area is 96.1 Å². The van der Waals surface area contributed by atoms with Gasteiger partial charge >= 0.3 is 0 Å². The molecular weight excluding hydrogens is 204 g/mol. The highest BCUT2D eigenvalue weighted by atomic mass is 32.1. The van der Waals surface area contributed by atoms with Gasteiger partial charge in [0.1, 0.15) is 5.01 Å². The Morgan fingerprint density at radius 1 is 1.60 bits per heavy atom. The highest BCUT2D eigenvalue weighted by Crippen LogP contribution is 2.34. The lowest BCUT2D eigenvalue weighted by Gasteiger charge is -2.30. The third kappa shape index (κ3) is 2.79. The molecule has 1 aromatic rings. The summed E-state index contributed by atoms with van der Waals surface area (Å²) >= 11 is 1.77. The Hall–Kier alpha value is -0.410. The molecule has 2 rings (SSSR count). The smallest absolute Gasteiger partial charge is 0.112 e. The van der Waals surface area contributed by atoms with E-state index in [1.54, 1.807) is 11.3 Å². The van der Waals surface area contributed by atoms with Crippen LogP contribution in [0.5, 0.6) is 0 Å². The van der Waals surface area contributed by atoms with Crippen LogP contribution in [0, 0.1) is 5.92 Å². The Bertz CT molecular complexity index is 297. The van der Waals surface area contributed by atoms with Crippen molar-refractivity contribution in [2.45, 2.75) is 51.6 Å². The van der Waals surface area contributed by atoms with Crippen LogP contribution in [0.2, 0.25) is 0 Å². The number of aromatic nitrogens is 1. The van der Waals surface area contributed by atoms with E-state index >= 15 is 0 Å². The second kappa shape index (κ2) is 4.22. The highest BCUT2D eigenvalue weighted by Gasteiger charge is 2.35. The molecular formula is C12H20N2S. The first kappa shape index (κ1) is 11.1. The average Bonchev–Trinajstić information content (AvgIpc) is 2.78. The van der Waals surface area contributed by atoms with Gasteiger partial charge in [0.05, 0.1) is 5.54 Å². The zero-order valence-corrected chi connectivity index (χ0v) is 10.6. The van der Waals surface area contributed by atoms with Gasteiger partial charge in [-0.25, -0.2) is 4.98 Å². The van der Waals surface area contributed by atoms with Gasteiger partial charge in [0.2, 0.25) is 0 Å². The van der Waals surface area contributed by atoms with Crippen molar-refractivity contribution in [2.75, 3.05) is 0 Å². The fourth-order valence-corrected chi connectivity index (χ4v) is 2.97. The maximum absolute atomic E-state index is 4.48. The Kier molecular flexibility index (Phi) is 3.12. The largest absolute Gasteiger partial charge is 0.303 e. The number of nitrogens with zero attached hydrogens (tertiary/aromatic N) is 1. The molecule has 1 unspecified atom stereocenters. The monoisotopic (exact) mass is 224 g/mol. The molecule has 0 radical (unpaired) electrons. The maximum atomic E-state index is 4.48. The van der Waals surface area contributed by atoms with Crippen molar-refractivity contribution < 1.29 is 0 Å². The van der Waals surface area contributed by atoms with Gasteiger partial charge in [-0.15, -0.1) is 11.3 Å². The van der Waals surface area contributed by atoms with Crippen molar-refractivity contribution in [3.8, 4) is 0 Å². The van der Waals surface area contributed by atoms with Crippen molar-refractivity contribution in [3.63, 3.8) is 0 Å². The summed E-state index contributed by atoms with van der Waals surface area (Å²) in [4.78, 5) is 4.48. The van der Waals surface area contributed by atoms with E-state index in [1.807, 2.05) is 6.20 Å². The predicted molar refractivity (Wildman–Crippen MR) is 65.1 cm³/mol. The van der Waals surface area contributed by atoms with Gasteiger partial charge in [0, 0.05) is 17.6 Å². The van der Waals surface area contributed by atoms with Gasteiger partial charge in [0.25, 0.3) is 0 Å². The topological polar surface area (TPSA) is 24.9 Å². The summed E-state index contributed by atoms with van der Waals surface area (Å²) in [5, 5.41) is 7.06. The lowest BCUT2D eigenvalue weighted by molar-refractivity contribution is 0.293.